The Morgan fingerprint density at radius 3 is 1.34 bits per heavy atom. The van der Waals surface area contributed by atoms with Gasteiger partial charge in [0.2, 0.25) is 0 Å². The number of alkyl halides is 3. The Morgan fingerprint density at radius 1 is 0.475 bits per heavy atom. The molecule has 0 fully saturated rings. The summed E-state index contributed by atoms with van der Waals surface area (Å²) >= 11 is 0. The molecule has 6 aromatic carbocycles. The zero-order chi connectivity index (χ0) is 42.3. The van der Waals surface area contributed by atoms with Crippen molar-refractivity contribution < 1.29 is 13.2 Å². The van der Waals surface area contributed by atoms with E-state index in [4.69, 9.17) is 0 Å². The molecule has 4 aromatic heterocycles. The average molecular weight is 806 g/mol. The molecule has 4 heterocycles. The van der Waals surface area contributed by atoms with Gasteiger partial charge in [-0.05, 0) is 124 Å². The quantitative estimate of drug-likeness (QED) is 0.170. The second-order valence-corrected chi connectivity index (χ2v) is 15.2. The zero-order valence-corrected chi connectivity index (χ0v) is 33.6. The minimum absolute atomic E-state index is 0.374. The van der Waals surface area contributed by atoms with E-state index in [1.807, 2.05) is 113 Å². The third kappa shape index (κ3) is 6.25. The maximum Gasteiger partial charge on any atom is 0.416 e. The largest absolute Gasteiger partial charge is 0.416 e. The van der Waals surface area contributed by atoms with E-state index in [0.717, 1.165) is 60.8 Å². The predicted molar refractivity (Wildman–Crippen MR) is 232 cm³/mol. The number of para-hydroxylation sites is 2. The number of rotatable bonds is 5. The van der Waals surface area contributed by atoms with E-state index in [-0.39, 0.29) is 0 Å². The number of hydrogen-bond donors (Lipinski definition) is 0. The summed E-state index contributed by atoms with van der Waals surface area (Å²) in [4.78, 5) is 27.2. The molecule has 0 N–H and O–H groups in total. The summed E-state index contributed by atoms with van der Waals surface area (Å²) in [7, 11) is 0. The van der Waals surface area contributed by atoms with E-state index in [2.05, 4.69) is 57.2 Å². The highest BCUT2D eigenvalue weighted by Gasteiger charge is 2.31. The second kappa shape index (κ2) is 13.9. The molecule has 10 aromatic rings. The topological polar surface area (TPSA) is 111 Å². The number of aromatic nitrogens is 8. The van der Waals surface area contributed by atoms with Crippen molar-refractivity contribution in [2.75, 3.05) is 0 Å². The number of fused-ring (bicyclic) bond motifs is 6. The van der Waals surface area contributed by atoms with E-state index >= 15 is 0 Å². The number of nitrogens with zero attached hydrogens (tertiary/aromatic N) is 9. The van der Waals surface area contributed by atoms with Crippen LogP contribution in [0, 0.1) is 45.9 Å². The first kappa shape index (κ1) is 37.5. The molecule has 61 heavy (non-hydrogen) atoms. The standard InChI is InChI=1S/C49H34F3N9/c1-26-20-34(49(50,51)52)16-17-35(26)33-23-45(60-41-12-8-6-10-36(41)38-21-31(14-18-43(38)60)47-56-27(2)54-28(3)57-47)40(25-53)46(24-33)61-42-13-9-7-11-37(42)39-22-32(15-19-44(39)61)48-58-29(4)55-30(5)59-48/h6-24H,1-5H3. The van der Waals surface area contributed by atoms with E-state index in [1.54, 1.807) is 6.92 Å². The Kier molecular flexibility index (Phi) is 8.55. The van der Waals surface area contributed by atoms with Crippen molar-refractivity contribution in [2.45, 2.75) is 40.8 Å². The van der Waals surface area contributed by atoms with E-state index in [1.165, 1.54) is 12.1 Å². The first-order valence-electron chi connectivity index (χ1n) is 19.6. The highest BCUT2D eigenvalue weighted by atomic mass is 19.4. The van der Waals surface area contributed by atoms with Gasteiger partial charge in [0.1, 0.15) is 34.9 Å². The fraction of sp³-hybridized carbons (Fsp3) is 0.122. The van der Waals surface area contributed by atoms with Crippen LogP contribution < -0.4 is 0 Å². The van der Waals surface area contributed by atoms with Gasteiger partial charge in [-0.1, -0.05) is 42.5 Å². The molecule has 10 rings (SSSR count). The third-order valence-corrected chi connectivity index (χ3v) is 11.1. The van der Waals surface area contributed by atoms with Gasteiger partial charge in [-0.25, -0.2) is 29.9 Å². The molecule has 0 amide bonds. The highest BCUT2D eigenvalue weighted by molar-refractivity contribution is 6.12. The fourth-order valence-corrected chi connectivity index (χ4v) is 8.63. The van der Waals surface area contributed by atoms with Crippen molar-refractivity contribution in [1.82, 2.24) is 39.0 Å². The Hall–Kier alpha value is -7.78. The van der Waals surface area contributed by atoms with Gasteiger partial charge in [0, 0.05) is 32.7 Å². The molecule has 0 aliphatic carbocycles. The molecule has 296 valence electrons. The van der Waals surface area contributed by atoms with E-state index in [9.17, 15) is 18.4 Å². The van der Waals surface area contributed by atoms with E-state index in [0.29, 0.717) is 68.6 Å². The maximum atomic E-state index is 14.0. The van der Waals surface area contributed by atoms with Crippen LogP contribution in [0.1, 0.15) is 40.0 Å². The summed E-state index contributed by atoms with van der Waals surface area (Å²) in [5.41, 5.74) is 7.44. The van der Waals surface area contributed by atoms with Crippen LogP contribution in [0.4, 0.5) is 13.2 Å². The van der Waals surface area contributed by atoms with Crippen LogP contribution in [0.2, 0.25) is 0 Å². The van der Waals surface area contributed by atoms with Crippen molar-refractivity contribution in [2.24, 2.45) is 0 Å². The monoisotopic (exact) mass is 805 g/mol. The van der Waals surface area contributed by atoms with Gasteiger partial charge in [-0.2, -0.15) is 18.4 Å². The molecule has 0 bridgehead atoms. The smallest absolute Gasteiger partial charge is 0.308 e. The molecular formula is C49H34F3N9. The molecule has 0 saturated carbocycles. The number of benzene rings is 6. The average Bonchev–Trinajstić information content (AvgIpc) is 3.74. The summed E-state index contributed by atoms with van der Waals surface area (Å²) in [6, 6.07) is 38.2. The molecule has 0 spiro atoms. The minimum atomic E-state index is -4.51. The van der Waals surface area contributed by atoms with Crippen molar-refractivity contribution in [1.29, 1.82) is 5.26 Å². The maximum absolute atomic E-state index is 14.0. The number of halogens is 3. The lowest BCUT2D eigenvalue weighted by Gasteiger charge is -2.19. The first-order valence-corrected chi connectivity index (χ1v) is 19.6. The number of nitriles is 1. The summed E-state index contributed by atoms with van der Waals surface area (Å²) in [6.45, 7) is 9.02. The molecule has 0 aliphatic heterocycles. The molecule has 0 aliphatic rings. The Balaban J connectivity index is 1.29. The van der Waals surface area contributed by atoms with Gasteiger partial charge in [-0.3, -0.25) is 0 Å². The number of hydrogen-bond acceptors (Lipinski definition) is 7. The molecule has 9 nitrogen and oxygen atoms in total. The van der Waals surface area contributed by atoms with Crippen molar-refractivity contribution in [3.8, 4) is 51.3 Å². The van der Waals surface area contributed by atoms with Crippen LogP contribution in [-0.4, -0.2) is 39.0 Å². The SMILES string of the molecule is Cc1nc(C)nc(-c2ccc3c(c2)c2ccccc2n3-c2cc(-c3ccc(C(F)(F)F)cc3C)cc(-n3c4ccccc4c4cc(-c5nc(C)nc(C)n5)ccc43)c2C#N)n1. The molecule has 0 unspecified atom stereocenters. The summed E-state index contributed by atoms with van der Waals surface area (Å²) in [6.07, 6.45) is -4.51. The first-order chi connectivity index (χ1) is 29.4. The Labute approximate surface area is 347 Å². The summed E-state index contributed by atoms with van der Waals surface area (Å²) in [5.74, 6) is 3.57. The highest BCUT2D eigenvalue weighted by Crippen LogP contribution is 2.42. The van der Waals surface area contributed by atoms with Crippen LogP contribution in [0.3, 0.4) is 0 Å². The van der Waals surface area contributed by atoms with Crippen LogP contribution in [-0.2, 0) is 6.18 Å². The van der Waals surface area contributed by atoms with Crippen molar-refractivity contribution in [3.05, 3.63) is 155 Å². The van der Waals surface area contributed by atoms with Gasteiger partial charge in [0.25, 0.3) is 0 Å². The second-order valence-electron chi connectivity index (χ2n) is 15.2. The Bertz CT molecular complexity index is 3270. The lowest BCUT2D eigenvalue weighted by molar-refractivity contribution is -0.137. The summed E-state index contributed by atoms with van der Waals surface area (Å²) < 4.78 is 46.1. The van der Waals surface area contributed by atoms with Gasteiger partial charge in [0.05, 0.1) is 39.0 Å². The zero-order valence-electron chi connectivity index (χ0n) is 33.6. The summed E-state index contributed by atoms with van der Waals surface area (Å²) in [5, 5.41) is 15.1. The molecule has 0 saturated heterocycles. The molecule has 0 radical (unpaired) electrons. The lowest BCUT2D eigenvalue weighted by Crippen LogP contribution is -2.07. The number of aryl methyl sites for hydroxylation is 5. The van der Waals surface area contributed by atoms with Crippen LogP contribution in [0.15, 0.2) is 115 Å². The van der Waals surface area contributed by atoms with Gasteiger partial charge >= 0.3 is 6.18 Å². The van der Waals surface area contributed by atoms with E-state index < -0.39 is 11.7 Å². The Morgan fingerprint density at radius 2 is 0.918 bits per heavy atom. The van der Waals surface area contributed by atoms with Crippen LogP contribution >= 0.6 is 0 Å². The molecule has 0 atom stereocenters. The molecule has 12 heteroatoms. The minimum Gasteiger partial charge on any atom is -0.308 e. The van der Waals surface area contributed by atoms with Crippen molar-refractivity contribution >= 4 is 43.6 Å². The van der Waals surface area contributed by atoms with Crippen LogP contribution in [0.5, 0.6) is 0 Å². The van der Waals surface area contributed by atoms with Crippen LogP contribution in [0.25, 0.3) is 88.9 Å². The molecular weight excluding hydrogens is 772 g/mol. The normalized spacial score (nSPS) is 11.9. The lowest BCUT2D eigenvalue weighted by atomic mass is 9.95. The van der Waals surface area contributed by atoms with Crippen molar-refractivity contribution in [3.63, 3.8) is 0 Å². The van der Waals surface area contributed by atoms with Gasteiger partial charge in [-0.15, -0.1) is 0 Å². The third-order valence-electron chi connectivity index (χ3n) is 11.1. The van der Waals surface area contributed by atoms with Gasteiger partial charge in [0.15, 0.2) is 11.6 Å². The predicted octanol–water partition coefficient (Wildman–Crippen LogP) is 11.7. The van der Waals surface area contributed by atoms with Gasteiger partial charge < -0.3 is 9.13 Å². The fourth-order valence-electron chi connectivity index (χ4n) is 8.63.